The van der Waals surface area contributed by atoms with Gasteiger partial charge < -0.3 is 15.2 Å². The summed E-state index contributed by atoms with van der Waals surface area (Å²) in [6, 6.07) is 4.35. The molecule has 1 amide bonds. The maximum absolute atomic E-state index is 12.3. The number of alkyl halides is 2. The number of nitrogens with one attached hydrogen (secondary N) is 1. The molecule has 0 aliphatic rings. The highest BCUT2D eigenvalue weighted by atomic mass is 19.3. The number of carbonyl (C=O) groups excluding carboxylic acids is 1. The van der Waals surface area contributed by atoms with Gasteiger partial charge in [-0.1, -0.05) is 26.0 Å². The van der Waals surface area contributed by atoms with Crippen molar-refractivity contribution in [2.24, 2.45) is 5.92 Å². The molecule has 0 aromatic heterocycles. The summed E-state index contributed by atoms with van der Waals surface area (Å²) in [7, 11) is 0. The van der Waals surface area contributed by atoms with E-state index in [0.29, 0.717) is 0 Å². The molecular weight excluding hydrogens is 284 g/mol. The molecule has 7 heteroatoms. The van der Waals surface area contributed by atoms with Crippen LogP contribution in [0.15, 0.2) is 24.3 Å². The van der Waals surface area contributed by atoms with Crippen molar-refractivity contribution in [3.05, 3.63) is 29.8 Å². The number of benzene rings is 1. The van der Waals surface area contributed by atoms with Crippen LogP contribution >= 0.6 is 0 Å². The summed E-state index contributed by atoms with van der Waals surface area (Å²) in [5, 5.41) is 11.4. The van der Waals surface area contributed by atoms with Gasteiger partial charge in [-0.05, 0) is 24.5 Å². The van der Waals surface area contributed by atoms with Gasteiger partial charge in [0, 0.05) is 0 Å². The van der Waals surface area contributed by atoms with Crippen LogP contribution < -0.4 is 10.1 Å². The van der Waals surface area contributed by atoms with Crippen molar-refractivity contribution in [2.45, 2.75) is 32.9 Å². The summed E-state index contributed by atoms with van der Waals surface area (Å²) in [6.45, 7) is 0.566. The summed E-state index contributed by atoms with van der Waals surface area (Å²) in [5.41, 5.74) is -0.132. The first kappa shape index (κ1) is 16.9. The SMILES string of the molecule is CC(C)CC(NC(=O)c1ccccc1OC(F)F)C(=O)O. The lowest BCUT2D eigenvalue weighted by Gasteiger charge is -2.17. The van der Waals surface area contributed by atoms with Gasteiger partial charge in [0.1, 0.15) is 11.8 Å². The monoisotopic (exact) mass is 301 g/mol. The number of aliphatic carboxylic acids is 1. The molecule has 1 aromatic rings. The molecule has 0 heterocycles. The Kier molecular flexibility index (Phi) is 6.08. The lowest BCUT2D eigenvalue weighted by Crippen LogP contribution is -2.41. The average Bonchev–Trinajstić information content (AvgIpc) is 2.37. The van der Waals surface area contributed by atoms with Gasteiger partial charge in [0.25, 0.3) is 5.91 Å². The Labute approximate surface area is 120 Å². The van der Waals surface area contributed by atoms with E-state index in [2.05, 4.69) is 10.1 Å². The van der Waals surface area contributed by atoms with Crippen molar-refractivity contribution >= 4 is 11.9 Å². The number of hydrogen-bond donors (Lipinski definition) is 2. The van der Waals surface area contributed by atoms with E-state index in [4.69, 9.17) is 5.11 Å². The van der Waals surface area contributed by atoms with Gasteiger partial charge in [-0.15, -0.1) is 0 Å². The van der Waals surface area contributed by atoms with Crippen molar-refractivity contribution in [2.75, 3.05) is 0 Å². The molecule has 0 aliphatic heterocycles. The first-order valence-electron chi connectivity index (χ1n) is 6.38. The van der Waals surface area contributed by atoms with E-state index in [1.807, 2.05) is 13.8 Å². The molecule has 0 aliphatic carbocycles. The van der Waals surface area contributed by atoms with Crippen LogP contribution in [0.1, 0.15) is 30.6 Å². The van der Waals surface area contributed by atoms with Crippen molar-refractivity contribution in [1.82, 2.24) is 5.32 Å². The van der Waals surface area contributed by atoms with Crippen LogP contribution in [0.25, 0.3) is 0 Å². The fourth-order valence-corrected chi connectivity index (χ4v) is 1.78. The van der Waals surface area contributed by atoms with Crippen LogP contribution in [0.3, 0.4) is 0 Å². The third kappa shape index (κ3) is 5.37. The van der Waals surface area contributed by atoms with E-state index in [0.717, 1.165) is 0 Å². The lowest BCUT2D eigenvalue weighted by atomic mass is 10.0. The van der Waals surface area contributed by atoms with Crippen LogP contribution in [0.2, 0.25) is 0 Å². The average molecular weight is 301 g/mol. The van der Waals surface area contributed by atoms with Crippen LogP contribution in [0.4, 0.5) is 8.78 Å². The Hall–Kier alpha value is -2.18. The molecule has 2 N–H and O–H groups in total. The van der Waals surface area contributed by atoms with Gasteiger partial charge in [-0.25, -0.2) is 4.79 Å². The van der Waals surface area contributed by atoms with E-state index in [1.165, 1.54) is 24.3 Å². The standard InChI is InChI=1S/C14H17F2NO4/c1-8(2)7-10(13(19)20)17-12(18)9-5-3-4-6-11(9)21-14(15)16/h3-6,8,10,14H,7H2,1-2H3,(H,17,18)(H,19,20). The van der Waals surface area contributed by atoms with E-state index in [1.54, 1.807) is 0 Å². The molecule has 1 aromatic carbocycles. The first-order valence-corrected chi connectivity index (χ1v) is 6.38. The largest absolute Gasteiger partial charge is 0.480 e. The molecule has 5 nitrogen and oxygen atoms in total. The van der Waals surface area contributed by atoms with Gasteiger partial charge >= 0.3 is 12.6 Å². The van der Waals surface area contributed by atoms with Gasteiger partial charge in [-0.3, -0.25) is 4.79 Å². The number of carbonyl (C=O) groups is 2. The minimum atomic E-state index is -3.06. The van der Waals surface area contributed by atoms with Crippen molar-refractivity contribution in [3.63, 3.8) is 0 Å². The van der Waals surface area contributed by atoms with Crippen LogP contribution in [-0.2, 0) is 4.79 Å². The zero-order valence-electron chi connectivity index (χ0n) is 11.7. The highest BCUT2D eigenvalue weighted by Gasteiger charge is 2.23. The normalized spacial score (nSPS) is 12.3. The van der Waals surface area contributed by atoms with E-state index in [9.17, 15) is 18.4 Å². The smallest absolute Gasteiger partial charge is 0.387 e. The molecule has 116 valence electrons. The van der Waals surface area contributed by atoms with Gasteiger partial charge in [-0.2, -0.15) is 8.78 Å². The summed E-state index contributed by atoms with van der Waals surface area (Å²) in [6.07, 6.45) is 0.235. The summed E-state index contributed by atoms with van der Waals surface area (Å²) < 4.78 is 28.8. The number of ether oxygens (including phenoxy) is 1. The Morgan fingerprint density at radius 1 is 1.29 bits per heavy atom. The highest BCUT2D eigenvalue weighted by Crippen LogP contribution is 2.20. The number of carboxylic acids is 1. The fourth-order valence-electron chi connectivity index (χ4n) is 1.78. The maximum Gasteiger partial charge on any atom is 0.387 e. The van der Waals surface area contributed by atoms with Crippen molar-refractivity contribution in [1.29, 1.82) is 0 Å². The topological polar surface area (TPSA) is 75.6 Å². The van der Waals surface area contributed by atoms with Gasteiger partial charge in [0.05, 0.1) is 5.56 Å². The minimum Gasteiger partial charge on any atom is -0.480 e. The summed E-state index contributed by atoms with van der Waals surface area (Å²) in [5.74, 6) is -2.18. The molecule has 1 rings (SSSR count). The number of carboxylic acid groups (broad SMARTS) is 1. The fraction of sp³-hybridized carbons (Fsp3) is 0.429. The lowest BCUT2D eigenvalue weighted by molar-refractivity contribution is -0.139. The number of para-hydroxylation sites is 1. The Bertz CT molecular complexity index is 506. The number of rotatable bonds is 7. The van der Waals surface area contributed by atoms with E-state index in [-0.39, 0.29) is 23.7 Å². The van der Waals surface area contributed by atoms with Gasteiger partial charge in [0.15, 0.2) is 0 Å². The predicted octanol–water partition coefficient (Wildman–Crippen LogP) is 2.52. The van der Waals surface area contributed by atoms with E-state index >= 15 is 0 Å². The summed E-state index contributed by atoms with van der Waals surface area (Å²) in [4.78, 5) is 23.1. The molecule has 1 unspecified atom stereocenters. The molecule has 0 radical (unpaired) electrons. The maximum atomic E-state index is 12.3. The third-order valence-electron chi connectivity index (χ3n) is 2.66. The second-order valence-corrected chi connectivity index (χ2v) is 4.87. The quantitative estimate of drug-likeness (QED) is 0.811. The molecule has 21 heavy (non-hydrogen) atoms. The van der Waals surface area contributed by atoms with E-state index < -0.39 is 24.5 Å². The number of hydrogen-bond acceptors (Lipinski definition) is 3. The molecule has 0 bridgehead atoms. The number of amides is 1. The van der Waals surface area contributed by atoms with Gasteiger partial charge in [0.2, 0.25) is 0 Å². The Morgan fingerprint density at radius 3 is 2.43 bits per heavy atom. The molecule has 0 fully saturated rings. The Morgan fingerprint density at radius 2 is 1.90 bits per heavy atom. The van der Waals surface area contributed by atoms with Crippen molar-refractivity contribution in [3.8, 4) is 5.75 Å². The molecule has 1 atom stereocenters. The highest BCUT2D eigenvalue weighted by molar-refractivity contribution is 5.98. The molecular formula is C14H17F2NO4. The second kappa shape index (κ2) is 7.56. The summed E-state index contributed by atoms with van der Waals surface area (Å²) >= 11 is 0. The molecule has 0 saturated heterocycles. The molecule has 0 spiro atoms. The Balaban J connectivity index is 2.90. The second-order valence-electron chi connectivity index (χ2n) is 4.87. The van der Waals surface area contributed by atoms with Crippen molar-refractivity contribution < 1.29 is 28.2 Å². The van der Waals surface area contributed by atoms with Crippen LogP contribution in [-0.4, -0.2) is 29.6 Å². The zero-order valence-corrected chi connectivity index (χ0v) is 11.7. The molecule has 0 saturated carbocycles. The number of halogens is 2. The first-order chi connectivity index (χ1) is 9.81. The zero-order chi connectivity index (χ0) is 16.0. The van der Waals surface area contributed by atoms with Crippen LogP contribution in [0.5, 0.6) is 5.75 Å². The minimum absolute atomic E-state index is 0.0546. The predicted molar refractivity (Wildman–Crippen MR) is 71.4 cm³/mol. The third-order valence-corrected chi connectivity index (χ3v) is 2.66. The van der Waals surface area contributed by atoms with Crippen LogP contribution in [0, 0.1) is 5.92 Å².